The van der Waals surface area contributed by atoms with Crippen LogP contribution >= 0.6 is 11.6 Å². The molecule has 2 aromatic carbocycles. The highest BCUT2D eigenvalue weighted by atomic mass is 35.5. The lowest BCUT2D eigenvalue weighted by atomic mass is 10.1. The largest absolute Gasteiger partial charge is 0.338 e. The Bertz CT molecular complexity index is 668. The van der Waals surface area contributed by atoms with Crippen molar-refractivity contribution in [2.24, 2.45) is 0 Å². The lowest BCUT2D eigenvalue weighted by Gasteiger charge is -2.07. The van der Waals surface area contributed by atoms with Crippen LogP contribution in [0.1, 0.15) is 16.7 Å². The molecule has 0 aromatic heterocycles. The average molecular weight is 315 g/mol. The van der Waals surface area contributed by atoms with Crippen molar-refractivity contribution in [1.29, 1.82) is 0 Å². The fourth-order valence-electron chi connectivity index (χ4n) is 2.08. The summed E-state index contributed by atoms with van der Waals surface area (Å²) in [7, 11) is 0. The summed E-state index contributed by atoms with van der Waals surface area (Å²) in [5.41, 5.74) is 3.43. The van der Waals surface area contributed by atoms with Gasteiger partial charge in [0.1, 0.15) is 0 Å². The van der Waals surface area contributed by atoms with E-state index < -0.39 is 0 Å². The molecule has 4 heteroatoms. The zero-order valence-electron chi connectivity index (χ0n) is 12.5. The van der Waals surface area contributed by atoms with Gasteiger partial charge >= 0.3 is 6.03 Å². The zero-order chi connectivity index (χ0) is 15.8. The first-order valence-corrected chi connectivity index (χ1v) is 7.54. The van der Waals surface area contributed by atoms with Gasteiger partial charge in [-0.3, -0.25) is 0 Å². The number of halogens is 1. The molecule has 0 heterocycles. The van der Waals surface area contributed by atoms with Crippen LogP contribution in [0.4, 0.5) is 4.79 Å². The number of aryl methyl sites for hydroxylation is 1. The third kappa shape index (κ3) is 5.26. The van der Waals surface area contributed by atoms with E-state index in [-0.39, 0.29) is 6.03 Å². The number of nitrogens with one attached hydrogen (secondary N) is 2. The molecule has 0 radical (unpaired) electrons. The molecule has 0 aliphatic carbocycles. The van der Waals surface area contributed by atoms with Gasteiger partial charge in [0.25, 0.3) is 0 Å². The predicted molar refractivity (Wildman–Crippen MR) is 91.9 cm³/mol. The van der Waals surface area contributed by atoms with Crippen molar-refractivity contribution in [2.45, 2.75) is 13.3 Å². The molecule has 0 atom stereocenters. The highest BCUT2D eigenvalue weighted by Gasteiger charge is 1.99. The van der Waals surface area contributed by atoms with Gasteiger partial charge in [-0.2, -0.15) is 0 Å². The van der Waals surface area contributed by atoms with Crippen molar-refractivity contribution in [2.75, 3.05) is 6.54 Å². The Hall–Kier alpha value is -2.26. The maximum atomic E-state index is 11.7. The van der Waals surface area contributed by atoms with E-state index in [4.69, 9.17) is 11.6 Å². The third-order valence-electron chi connectivity index (χ3n) is 3.28. The molecule has 2 N–H and O–H groups in total. The molecule has 0 spiro atoms. The minimum Gasteiger partial charge on any atom is -0.338 e. The topological polar surface area (TPSA) is 41.1 Å². The number of amides is 2. The normalized spacial score (nSPS) is 10.6. The Morgan fingerprint density at radius 3 is 2.77 bits per heavy atom. The van der Waals surface area contributed by atoms with E-state index >= 15 is 0 Å². The van der Waals surface area contributed by atoms with Crippen LogP contribution in [-0.2, 0) is 6.42 Å². The van der Waals surface area contributed by atoms with Gasteiger partial charge < -0.3 is 10.6 Å². The standard InChI is InChI=1S/C18H19ClN2O/c1-14-5-2-3-7-16(14)10-12-21-18(22)20-11-9-15-6-4-8-17(19)13-15/h2-9,11,13H,10,12H2,1H3,(H2,20,21,22)/b11-9+. The lowest BCUT2D eigenvalue weighted by Crippen LogP contribution is -2.33. The summed E-state index contributed by atoms with van der Waals surface area (Å²) < 4.78 is 0. The molecular weight excluding hydrogens is 296 g/mol. The van der Waals surface area contributed by atoms with Crippen LogP contribution in [-0.4, -0.2) is 12.6 Å². The molecule has 2 rings (SSSR count). The number of hydrogen-bond donors (Lipinski definition) is 2. The van der Waals surface area contributed by atoms with Gasteiger partial charge in [0.15, 0.2) is 0 Å². The molecule has 22 heavy (non-hydrogen) atoms. The van der Waals surface area contributed by atoms with Gasteiger partial charge in [0.05, 0.1) is 0 Å². The van der Waals surface area contributed by atoms with E-state index in [1.165, 1.54) is 11.1 Å². The van der Waals surface area contributed by atoms with Crippen molar-refractivity contribution in [3.8, 4) is 0 Å². The number of carbonyl (C=O) groups excluding carboxylic acids is 1. The molecule has 0 aliphatic heterocycles. The summed E-state index contributed by atoms with van der Waals surface area (Å²) in [6.07, 6.45) is 4.22. The molecule has 2 aromatic rings. The second-order valence-corrected chi connectivity index (χ2v) is 5.40. The number of carbonyl (C=O) groups is 1. The number of benzene rings is 2. The Balaban J connectivity index is 1.73. The number of hydrogen-bond acceptors (Lipinski definition) is 1. The molecule has 0 aliphatic rings. The van der Waals surface area contributed by atoms with Gasteiger partial charge in [-0.05, 0) is 48.2 Å². The fraction of sp³-hybridized carbons (Fsp3) is 0.167. The van der Waals surface area contributed by atoms with Crippen LogP contribution < -0.4 is 10.6 Å². The van der Waals surface area contributed by atoms with Gasteiger partial charge in [-0.25, -0.2) is 4.79 Å². The Labute approximate surface area is 136 Å². The van der Waals surface area contributed by atoms with Crippen LogP contribution in [0.2, 0.25) is 5.02 Å². The lowest BCUT2D eigenvalue weighted by molar-refractivity contribution is 0.244. The molecule has 0 fully saturated rings. The summed E-state index contributed by atoms with van der Waals surface area (Å²) >= 11 is 5.89. The van der Waals surface area contributed by atoms with Crippen LogP contribution in [0.5, 0.6) is 0 Å². The predicted octanol–water partition coefficient (Wildman–Crippen LogP) is 4.16. The summed E-state index contributed by atoms with van der Waals surface area (Å²) in [6, 6.07) is 15.4. The number of urea groups is 1. The highest BCUT2D eigenvalue weighted by Crippen LogP contribution is 2.11. The van der Waals surface area contributed by atoms with Crippen LogP contribution in [0.15, 0.2) is 54.7 Å². The Morgan fingerprint density at radius 2 is 2.00 bits per heavy atom. The van der Waals surface area contributed by atoms with Crippen molar-refractivity contribution in [3.05, 3.63) is 76.4 Å². The molecular formula is C18H19ClN2O. The van der Waals surface area contributed by atoms with E-state index in [1.54, 1.807) is 12.3 Å². The van der Waals surface area contributed by atoms with E-state index in [0.29, 0.717) is 11.6 Å². The van der Waals surface area contributed by atoms with Crippen LogP contribution in [0.25, 0.3) is 6.08 Å². The molecule has 0 unspecified atom stereocenters. The van der Waals surface area contributed by atoms with Crippen LogP contribution in [0.3, 0.4) is 0 Å². The molecule has 0 saturated carbocycles. The SMILES string of the molecule is Cc1ccccc1CCNC(=O)N/C=C/c1cccc(Cl)c1. The van der Waals surface area contributed by atoms with E-state index in [1.807, 2.05) is 36.4 Å². The maximum absolute atomic E-state index is 11.7. The Morgan fingerprint density at radius 1 is 1.18 bits per heavy atom. The second kappa shape index (κ2) is 8.25. The van der Waals surface area contributed by atoms with Gasteiger partial charge in [0.2, 0.25) is 0 Å². The molecule has 2 amide bonds. The minimum atomic E-state index is -0.216. The molecule has 114 valence electrons. The van der Waals surface area contributed by atoms with E-state index in [9.17, 15) is 4.79 Å². The fourth-order valence-corrected chi connectivity index (χ4v) is 2.27. The summed E-state index contributed by atoms with van der Waals surface area (Å²) in [5, 5.41) is 6.18. The van der Waals surface area contributed by atoms with Gasteiger partial charge in [-0.15, -0.1) is 0 Å². The summed E-state index contributed by atoms with van der Waals surface area (Å²) in [6.45, 7) is 2.67. The molecule has 3 nitrogen and oxygen atoms in total. The van der Waals surface area contributed by atoms with Crippen molar-refractivity contribution in [1.82, 2.24) is 10.6 Å². The average Bonchev–Trinajstić information content (AvgIpc) is 2.49. The molecule has 0 saturated heterocycles. The Kier molecular flexibility index (Phi) is 6.04. The monoisotopic (exact) mass is 314 g/mol. The minimum absolute atomic E-state index is 0.216. The first kappa shape index (κ1) is 16.1. The summed E-state index contributed by atoms with van der Waals surface area (Å²) in [5.74, 6) is 0. The molecule has 0 bridgehead atoms. The van der Waals surface area contributed by atoms with Gasteiger partial charge in [-0.1, -0.05) is 48.0 Å². The first-order chi connectivity index (χ1) is 10.6. The number of rotatable bonds is 5. The summed E-state index contributed by atoms with van der Waals surface area (Å²) in [4.78, 5) is 11.7. The van der Waals surface area contributed by atoms with Crippen molar-refractivity contribution < 1.29 is 4.79 Å². The smallest absolute Gasteiger partial charge is 0.318 e. The zero-order valence-corrected chi connectivity index (χ0v) is 13.2. The van der Waals surface area contributed by atoms with Gasteiger partial charge in [0, 0.05) is 17.8 Å². The van der Waals surface area contributed by atoms with Crippen LogP contribution in [0, 0.1) is 6.92 Å². The second-order valence-electron chi connectivity index (χ2n) is 4.97. The van der Waals surface area contributed by atoms with E-state index in [0.717, 1.165) is 12.0 Å². The van der Waals surface area contributed by atoms with E-state index in [2.05, 4.69) is 29.7 Å². The maximum Gasteiger partial charge on any atom is 0.318 e. The highest BCUT2D eigenvalue weighted by molar-refractivity contribution is 6.30. The van der Waals surface area contributed by atoms with Crippen molar-refractivity contribution in [3.63, 3.8) is 0 Å². The quantitative estimate of drug-likeness (QED) is 0.854. The first-order valence-electron chi connectivity index (χ1n) is 7.16. The van der Waals surface area contributed by atoms with Crippen molar-refractivity contribution >= 4 is 23.7 Å². The third-order valence-corrected chi connectivity index (χ3v) is 3.52.